The van der Waals surface area contributed by atoms with Crippen LogP contribution >= 0.6 is 0 Å². The number of alkyl halides is 3. The lowest BCUT2D eigenvalue weighted by Gasteiger charge is -2.32. The van der Waals surface area contributed by atoms with Crippen LogP contribution in [0.3, 0.4) is 0 Å². The maximum Gasteiger partial charge on any atom is 0.422 e. The number of carbonyl (C=O) groups excluding carboxylic acids is 2. The van der Waals surface area contributed by atoms with Gasteiger partial charge in [-0.2, -0.15) is 18.7 Å². The lowest BCUT2D eigenvalue weighted by molar-refractivity contribution is -0.153. The van der Waals surface area contributed by atoms with Crippen LogP contribution in [0.4, 0.5) is 17.6 Å². The lowest BCUT2D eigenvalue weighted by Crippen LogP contribution is -2.45. The number of hydrogen-bond donors (Lipinski definition) is 3. The Bertz CT molecular complexity index is 1010. The fourth-order valence-corrected chi connectivity index (χ4v) is 6.38. The smallest absolute Gasteiger partial charge is 0.422 e. The SMILES string of the molecule is O=C(CCc1ccc(OCC(F)(F)F)c(F)c1)N1CC[C@@H]2CN(C(=O)C3CCC4NNNC4C3)C[C@@H]2CC1. The van der Waals surface area contributed by atoms with Crippen LogP contribution in [0.5, 0.6) is 5.75 Å². The molecule has 0 spiro atoms. The average Bonchev–Trinajstić information content (AvgIpc) is 3.47. The minimum Gasteiger partial charge on any atom is -0.481 e. The first kappa shape index (κ1) is 27.1. The summed E-state index contributed by atoms with van der Waals surface area (Å²) in [5.74, 6) is -0.249. The van der Waals surface area contributed by atoms with Crippen LogP contribution in [0.25, 0.3) is 0 Å². The van der Waals surface area contributed by atoms with Gasteiger partial charge in [-0.1, -0.05) is 6.07 Å². The number of benzene rings is 1. The Balaban J connectivity index is 1.07. The quantitative estimate of drug-likeness (QED) is 0.480. The highest BCUT2D eigenvalue weighted by atomic mass is 19.4. The van der Waals surface area contributed by atoms with Gasteiger partial charge in [0.15, 0.2) is 18.2 Å². The zero-order chi connectivity index (χ0) is 26.9. The molecule has 3 unspecified atom stereocenters. The number of hydrazine groups is 2. The normalized spacial score (nSPS) is 29.5. The average molecular weight is 542 g/mol. The fraction of sp³-hybridized carbons (Fsp3) is 0.692. The van der Waals surface area contributed by atoms with E-state index in [0.717, 1.165) is 51.3 Å². The van der Waals surface area contributed by atoms with Crippen molar-refractivity contribution in [3.8, 4) is 5.75 Å². The number of nitrogens with one attached hydrogen (secondary N) is 3. The van der Waals surface area contributed by atoms with Gasteiger partial charge in [-0.25, -0.2) is 15.2 Å². The first-order valence-electron chi connectivity index (χ1n) is 13.5. The second kappa shape index (κ2) is 11.4. The number of ether oxygens (including phenoxy) is 1. The van der Waals surface area contributed by atoms with Crippen molar-refractivity contribution in [3.63, 3.8) is 0 Å². The summed E-state index contributed by atoms with van der Waals surface area (Å²) in [6, 6.07) is 4.44. The first-order valence-corrected chi connectivity index (χ1v) is 13.5. The van der Waals surface area contributed by atoms with E-state index in [0.29, 0.717) is 43.0 Å². The molecule has 0 radical (unpaired) electrons. The van der Waals surface area contributed by atoms with Gasteiger partial charge >= 0.3 is 6.18 Å². The molecule has 12 heteroatoms. The van der Waals surface area contributed by atoms with Gasteiger partial charge in [0.1, 0.15) is 0 Å². The van der Waals surface area contributed by atoms with Crippen molar-refractivity contribution < 1.29 is 31.9 Å². The fourth-order valence-electron chi connectivity index (χ4n) is 6.38. The molecule has 5 rings (SSSR count). The number of aryl methyl sites for hydroxylation is 1. The number of nitrogens with zero attached hydrogens (tertiary/aromatic N) is 2. The van der Waals surface area contributed by atoms with Crippen LogP contribution in [0.1, 0.15) is 44.1 Å². The molecule has 5 atom stereocenters. The van der Waals surface area contributed by atoms with E-state index in [-0.39, 0.29) is 30.2 Å². The maximum atomic E-state index is 14.1. The molecule has 38 heavy (non-hydrogen) atoms. The van der Waals surface area contributed by atoms with Gasteiger partial charge in [0, 0.05) is 50.6 Å². The van der Waals surface area contributed by atoms with Gasteiger partial charge in [0.2, 0.25) is 11.8 Å². The molecule has 3 aliphatic heterocycles. The highest BCUT2D eigenvalue weighted by Gasteiger charge is 2.42. The second-order valence-electron chi connectivity index (χ2n) is 11.0. The Labute approximate surface area is 219 Å². The molecule has 8 nitrogen and oxygen atoms in total. The van der Waals surface area contributed by atoms with Gasteiger partial charge in [-0.15, -0.1) is 0 Å². The van der Waals surface area contributed by atoms with Crippen molar-refractivity contribution in [2.45, 2.75) is 63.2 Å². The molecule has 4 fully saturated rings. The van der Waals surface area contributed by atoms with Crippen LogP contribution in [-0.4, -0.2) is 72.7 Å². The summed E-state index contributed by atoms with van der Waals surface area (Å²) in [6.07, 6.45) is 0.368. The molecule has 4 aliphatic rings. The van der Waals surface area contributed by atoms with Crippen LogP contribution in [0.15, 0.2) is 18.2 Å². The largest absolute Gasteiger partial charge is 0.481 e. The van der Waals surface area contributed by atoms with Crippen LogP contribution in [0, 0.1) is 23.6 Å². The third kappa shape index (κ3) is 6.40. The summed E-state index contributed by atoms with van der Waals surface area (Å²) in [5.41, 5.74) is 9.92. The van der Waals surface area contributed by atoms with Gasteiger partial charge in [-0.3, -0.25) is 9.59 Å². The minimum absolute atomic E-state index is 0.0150. The number of halogens is 4. The van der Waals surface area contributed by atoms with Crippen molar-refractivity contribution in [2.24, 2.45) is 17.8 Å². The van der Waals surface area contributed by atoms with Crippen LogP contribution in [-0.2, 0) is 16.0 Å². The summed E-state index contributed by atoms with van der Waals surface area (Å²) >= 11 is 0. The van der Waals surface area contributed by atoms with E-state index >= 15 is 0 Å². The molecule has 1 aromatic carbocycles. The van der Waals surface area contributed by atoms with E-state index in [4.69, 9.17) is 0 Å². The molecule has 1 aliphatic carbocycles. The van der Waals surface area contributed by atoms with E-state index in [1.807, 2.05) is 9.80 Å². The number of fused-ring (bicyclic) bond motifs is 2. The molecule has 1 saturated carbocycles. The molecule has 1 aromatic rings. The van der Waals surface area contributed by atoms with Crippen LogP contribution < -0.4 is 21.1 Å². The van der Waals surface area contributed by atoms with E-state index in [1.165, 1.54) is 12.1 Å². The Morgan fingerprint density at radius 3 is 2.37 bits per heavy atom. The minimum atomic E-state index is -4.54. The van der Waals surface area contributed by atoms with E-state index in [2.05, 4.69) is 21.1 Å². The molecule has 0 bridgehead atoms. The molecule has 3 heterocycles. The van der Waals surface area contributed by atoms with Crippen molar-refractivity contribution in [2.75, 3.05) is 32.8 Å². The predicted octanol–water partition coefficient (Wildman–Crippen LogP) is 2.55. The molecular formula is C26H35F4N5O3. The Hall–Kier alpha value is -2.44. The Morgan fingerprint density at radius 1 is 0.974 bits per heavy atom. The Kier molecular flexibility index (Phi) is 8.11. The summed E-state index contributed by atoms with van der Waals surface area (Å²) in [5, 5.41) is 0. The number of amides is 2. The van der Waals surface area contributed by atoms with Gasteiger partial charge in [0.05, 0.1) is 0 Å². The van der Waals surface area contributed by atoms with E-state index < -0.39 is 24.3 Å². The summed E-state index contributed by atoms with van der Waals surface area (Å²) in [6.45, 7) is 1.22. The van der Waals surface area contributed by atoms with Crippen molar-refractivity contribution in [3.05, 3.63) is 29.6 Å². The summed E-state index contributed by atoms with van der Waals surface area (Å²) in [4.78, 5) is 30.0. The Morgan fingerprint density at radius 2 is 1.68 bits per heavy atom. The highest BCUT2D eigenvalue weighted by molar-refractivity contribution is 5.79. The topological polar surface area (TPSA) is 85.9 Å². The van der Waals surface area contributed by atoms with Crippen LogP contribution in [0.2, 0.25) is 0 Å². The van der Waals surface area contributed by atoms with Gasteiger partial charge < -0.3 is 14.5 Å². The molecule has 210 valence electrons. The molecule has 3 N–H and O–H groups in total. The predicted molar refractivity (Wildman–Crippen MR) is 130 cm³/mol. The second-order valence-corrected chi connectivity index (χ2v) is 11.0. The molecule has 2 amide bonds. The standard InChI is InChI=1S/C26H35F4N5O3/c27-20-11-16(1-5-23(20)38-15-26(28,29)30)2-6-24(36)34-9-7-18-13-35(14-19(18)8-10-34)25(37)17-3-4-21-22(12-17)32-33-31-21/h1,5,11,17-19,21-22,31-33H,2-4,6-10,12-15H2/t17?,18-,19+,21?,22?. The zero-order valence-corrected chi connectivity index (χ0v) is 21.2. The maximum absolute atomic E-state index is 14.1. The third-order valence-corrected chi connectivity index (χ3v) is 8.51. The summed E-state index contributed by atoms with van der Waals surface area (Å²) < 4.78 is 55.5. The number of rotatable bonds is 6. The van der Waals surface area contributed by atoms with E-state index in [9.17, 15) is 27.2 Å². The van der Waals surface area contributed by atoms with Gasteiger partial charge in [0.25, 0.3) is 0 Å². The van der Waals surface area contributed by atoms with Gasteiger partial charge in [-0.05, 0) is 68.1 Å². The van der Waals surface area contributed by atoms with Crippen molar-refractivity contribution >= 4 is 11.8 Å². The molecule has 0 aromatic heterocycles. The lowest BCUT2D eigenvalue weighted by atomic mass is 9.82. The first-order chi connectivity index (χ1) is 18.2. The number of likely N-dealkylation sites (tertiary alicyclic amines) is 2. The molecular weight excluding hydrogens is 506 g/mol. The molecule has 3 saturated heterocycles. The highest BCUT2D eigenvalue weighted by Crippen LogP contribution is 2.35. The monoisotopic (exact) mass is 541 g/mol. The third-order valence-electron chi connectivity index (χ3n) is 8.51. The zero-order valence-electron chi connectivity index (χ0n) is 21.2. The number of carbonyl (C=O) groups is 2. The van der Waals surface area contributed by atoms with Crippen molar-refractivity contribution in [1.29, 1.82) is 0 Å². The van der Waals surface area contributed by atoms with Crippen molar-refractivity contribution in [1.82, 2.24) is 26.2 Å². The van der Waals surface area contributed by atoms with E-state index in [1.54, 1.807) is 0 Å². The number of hydrogen-bond acceptors (Lipinski definition) is 6. The summed E-state index contributed by atoms with van der Waals surface area (Å²) in [7, 11) is 0.